The first kappa shape index (κ1) is 11.9. The first-order chi connectivity index (χ1) is 7.31. The molecule has 0 amide bonds. The Morgan fingerprint density at radius 1 is 1.27 bits per heavy atom. The highest BCUT2D eigenvalue weighted by Crippen LogP contribution is 2.10. The zero-order valence-corrected chi connectivity index (χ0v) is 9.61. The lowest BCUT2D eigenvalue weighted by Gasteiger charge is -2.22. The number of nitrogens with zero attached hydrogens (tertiary/aromatic N) is 3. The summed E-state index contributed by atoms with van der Waals surface area (Å²) in [6, 6.07) is 1.95. The predicted molar refractivity (Wildman–Crippen MR) is 62.7 cm³/mol. The van der Waals surface area contributed by atoms with E-state index in [1.807, 2.05) is 6.07 Å². The molecule has 0 saturated carbocycles. The van der Waals surface area contributed by atoms with Gasteiger partial charge in [0.2, 0.25) is 0 Å². The maximum absolute atomic E-state index is 5.52. The van der Waals surface area contributed by atoms with E-state index in [1.165, 1.54) is 0 Å². The van der Waals surface area contributed by atoms with Crippen LogP contribution in [-0.2, 0) is 6.54 Å². The standard InChI is InChI=1S/C11H20N4/c1-3-7-15(8-4-2)11-5-6-13-10(9-12)14-11/h5-6H,3-4,7-9,12H2,1-2H3. The van der Waals surface area contributed by atoms with Gasteiger partial charge in [0.25, 0.3) is 0 Å². The van der Waals surface area contributed by atoms with Crippen molar-refractivity contribution in [2.75, 3.05) is 18.0 Å². The van der Waals surface area contributed by atoms with Gasteiger partial charge in [0.15, 0.2) is 0 Å². The normalized spacial score (nSPS) is 10.3. The van der Waals surface area contributed by atoms with Gasteiger partial charge in [-0.1, -0.05) is 13.8 Å². The molecule has 2 N–H and O–H groups in total. The van der Waals surface area contributed by atoms with Gasteiger partial charge in [-0.2, -0.15) is 0 Å². The van der Waals surface area contributed by atoms with E-state index in [1.54, 1.807) is 6.20 Å². The van der Waals surface area contributed by atoms with Gasteiger partial charge in [-0.3, -0.25) is 0 Å². The molecule has 1 aromatic rings. The zero-order chi connectivity index (χ0) is 11.1. The van der Waals surface area contributed by atoms with Gasteiger partial charge < -0.3 is 10.6 Å². The van der Waals surface area contributed by atoms with Crippen molar-refractivity contribution < 1.29 is 0 Å². The van der Waals surface area contributed by atoms with Gasteiger partial charge in [-0.25, -0.2) is 9.97 Å². The van der Waals surface area contributed by atoms with Crippen LogP contribution in [-0.4, -0.2) is 23.1 Å². The Hall–Kier alpha value is -1.16. The third kappa shape index (κ3) is 3.47. The number of nitrogens with two attached hydrogens (primary N) is 1. The van der Waals surface area contributed by atoms with E-state index in [-0.39, 0.29) is 0 Å². The number of aromatic nitrogens is 2. The van der Waals surface area contributed by atoms with Crippen LogP contribution in [0.15, 0.2) is 12.3 Å². The summed E-state index contributed by atoms with van der Waals surface area (Å²) in [6.45, 7) is 6.82. The van der Waals surface area contributed by atoms with Crippen molar-refractivity contribution in [3.05, 3.63) is 18.1 Å². The van der Waals surface area contributed by atoms with Crippen LogP contribution in [0.5, 0.6) is 0 Å². The number of hydrogen-bond acceptors (Lipinski definition) is 4. The number of hydrogen-bond donors (Lipinski definition) is 1. The average molecular weight is 208 g/mol. The monoisotopic (exact) mass is 208 g/mol. The van der Waals surface area contributed by atoms with Crippen LogP contribution in [0.4, 0.5) is 5.82 Å². The van der Waals surface area contributed by atoms with Crippen molar-refractivity contribution in [2.24, 2.45) is 5.73 Å². The molecular weight excluding hydrogens is 188 g/mol. The highest BCUT2D eigenvalue weighted by Gasteiger charge is 2.06. The molecule has 0 aromatic carbocycles. The molecule has 84 valence electrons. The molecule has 1 heterocycles. The molecule has 0 atom stereocenters. The minimum Gasteiger partial charge on any atom is -0.357 e. The van der Waals surface area contributed by atoms with Gasteiger partial charge in [0.05, 0.1) is 6.54 Å². The molecule has 0 aliphatic heterocycles. The Labute approximate surface area is 91.5 Å². The fourth-order valence-electron chi connectivity index (χ4n) is 1.54. The third-order valence-electron chi connectivity index (χ3n) is 2.18. The quantitative estimate of drug-likeness (QED) is 0.771. The second-order valence-electron chi connectivity index (χ2n) is 3.52. The van der Waals surface area contributed by atoms with Crippen molar-refractivity contribution in [3.8, 4) is 0 Å². The van der Waals surface area contributed by atoms with E-state index in [2.05, 4.69) is 28.7 Å². The smallest absolute Gasteiger partial charge is 0.144 e. The van der Waals surface area contributed by atoms with Crippen molar-refractivity contribution >= 4 is 5.82 Å². The van der Waals surface area contributed by atoms with Gasteiger partial charge in [-0.15, -0.1) is 0 Å². The fraction of sp³-hybridized carbons (Fsp3) is 0.636. The molecule has 0 spiro atoms. The highest BCUT2D eigenvalue weighted by atomic mass is 15.2. The van der Waals surface area contributed by atoms with Crippen molar-refractivity contribution in [1.29, 1.82) is 0 Å². The molecule has 15 heavy (non-hydrogen) atoms. The van der Waals surface area contributed by atoms with Crippen molar-refractivity contribution in [3.63, 3.8) is 0 Å². The summed E-state index contributed by atoms with van der Waals surface area (Å²) >= 11 is 0. The molecule has 1 aromatic heterocycles. The summed E-state index contributed by atoms with van der Waals surface area (Å²) in [5.41, 5.74) is 5.52. The van der Waals surface area contributed by atoms with E-state index < -0.39 is 0 Å². The van der Waals surface area contributed by atoms with Gasteiger partial charge in [-0.05, 0) is 18.9 Å². The molecule has 0 aliphatic carbocycles. The van der Waals surface area contributed by atoms with E-state index in [0.717, 1.165) is 31.7 Å². The van der Waals surface area contributed by atoms with E-state index in [4.69, 9.17) is 5.73 Å². The first-order valence-electron chi connectivity index (χ1n) is 5.58. The molecule has 4 heteroatoms. The molecular formula is C11H20N4. The molecule has 4 nitrogen and oxygen atoms in total. The van der Waals surface area contributed by atoms with Crippen LogP contribution >= 0.6 is 0 Å². The maximum atomic E-state index is 5.52. The van der Waals surface area contributed by atoms with Crippen LogP contribution in [0.25, 0.3) is 0 Å². The topological polar surface area (TPSA) is 55.0 Å². The molecule has 0 fully saturated rings. The summed E-state index contributed by atoms with van der Waals surface area (Å²) in [4.78, 5) is 10.8. The molecule has 1 rings (SSSR count). The summed E-state index contributed by atoms with van der Waals surface area (Å²) < 4.78 is 0. The highest BCUT2D eigenvalue weighted by molar-refractivity contribution is 5.37. The summed E-state index contributed by atoms with van der Waals surface area (Å²) in [6.07, 6.45) is 4.03. The minimum absolute atomic E-state index is 0.403. The molecule has 0 radical (unpaired) electrons. The van der Waals surface area contributed by atoms with Gasteiger partial charge in [0.1, 0.15) is 11.6 Å². The van der Waals surface area contributed by atoms with E-state index >= 15 is 0 Å². The van der Waals surface area contributed by atoms with Crippen LogP contribution in [0, 0.1) is 0 Å². The van der Waals surface area contributed by atoms with Crippen molar-refractivity contribution in [1.82, 2.24) is 9.97 Å². The fourth-order valence-corrected chi connectivity index (χ4v) is 1.54. The van der Waals surface area contributed by atoms with Crippen molar-refractivity contribution in [2.45, 2.75) is 33.2 Å². The average Bonchev–Trinajstić information content (AvgIpc) is 2.29. The molecule has 0 bridgehead atoms. The second-order valence-corrected chi connectivity index (χ2v) is 3.52. The third-order valence-corrected chi connectivity index (χ3v) is 2.18. The number of anilines is 1. The zero-order valence-electron chi connectivity index (χ0n) is 9.61. The lowest BCUT2D eigenvalue weighted by Crippen LogP contribution is -2.26. The maximum Gasteiger partial charge on any atom is 0.144 e. The summed E-state index contributed by atoms with van der Waals surface area (Å²) in [5, 5.41) is 0. The second kappa shape index (κ2) is 6.35. The predicted octanol–water partition coefficient (Wildman–Crippen LogP) is 1.56. The summed E-state index contributed by atoms with van der Waals surface area (Å²) in [5.74, 6) is 1.71. The minimum atomic E-state index is 0.403. The largest absolute Gasteiger partial charge is 0.357 e. The van der Waals surface area contributed by atoms with Crippen LogP contribution in [0.3, 0.4) is 0 Å². The summed E-state index contributed by atoms with van der Waals surface area (Å²) in [7, 11) is 0. The van der Waals surface area contributed by atoms with Crippen LogP contribution in [0.2, 0.25) is 0 Å². The molecule has 0 unspecified atom stereocenters. The van der Waals surface area contributed by atoms with Crippen LogP contribution < -0.4 is 10.6 Å². The lowest BCUT2D eigenvalue weighted by atomic mass is 10.3. The Kier molecular flexibility index (Phi) is 5.04. The van der Waals surface area contributed by atoms with Gasteiger partial charge >= 0.3 is 0 Å². The Bertz CT molecular complexity index is 282. The SMILES string of the molecule is CCCN(CCC)c1ccnc(CN)n1. The lowest BCUT2D eigenvalue weighted by molar-refractivity contribution is 0.726. The Morgan fingerprint density at radius 3 is 2.47 bits per heavy atom. The Balaban J connectivity index is 2.79. The van der Waals surface area contributed by atoms with Gasteiger partial charge in [0, 0.05) is 19.3 Å². The first-order valence-corrected chi connectivity index (χ1v) is 5.58. The van der Waals surface area contributed by atoms with E-state index in [0.29, 0.717) is 12.4 Å². The Morgan fingerprint density at radius 2 is 1.93 bits per heavy atom. The van der Waals surface area contributed by atoms with Crippen LogP contribution in [0.1, 0.15) is 32.5 Å². The molecule has 0 aliphatic rings. The number of rotatable bonds is 6. The molecule has 0 saturated heterocycles. The van der Waals surface area contributed by atoms with E-state index in [9.17, 15) is 0 Å².